The van der Waals surface area contributed by atoms with Gasteiger partial charge in [-0.2, -0.15) is 4.98 Å². The Balaban J connectivity index is 1.25. The van der Waals surface area contributed by atoms with E-state index in [1.165, 1.54) is 5.56 Å². The molecule has 1 fully saturated rings. The lowest BCUT2D eigenvalue weighted by Crippen LogP contribution is -2.42. The van der Waals surface area contributed by atoms with Gasteiger partial charge in [-0.3, -0.25) is 4.79 Å². The van der Waals surface area contributed by atoms with Crippen LogP contribution in [0.5, 0.6) is 0 Å². The Labute approximate surface area is 241 Å². The molecule has 9 heteroatoms. The lowest BCUT2D eigenvalue weighted by Gasteiger charge is -2.35. The quantitative estimate of drug-likeness (QED) is 0.268. The Morgan fingerprint density at radius 2 is 1.95 bits per heavy atom. The zero-order valence-electron chi connectivity index (χ0n) is 23.9. The van der Waals surface area contributed by atoms with Crippen LogP contribution in [0.25, 0.3) is 0 Å². The van der Waals surface area contributed by atoms with E-state index in [4.69, 9.17) is 11.6 Å². The average molecular weight is 563 g/mol. The Hall–Kier alpha value is -3.20. The maximum Gasteiger partial charge on any atom is 0.234 e. The number of hydrogen-bond donors (Lipinski definition) is 4. The van der Waals surface area contributed by atoms with Gasteiger partial charge in [-0.1, -0.05) is 35.9 Å². The van der Waals surface area contributed by atoms with Crippen molar-refractivity contribution in [3.05, 3.63) is 69.9 Å². The molecule has 4 N–H and O–H groups in total. The van der Waals surface area contributed by atoms with E-state index in [1.54, 1.807) is 6.20 Å². The van der Waals surface area contributed by atoms with Crippen LogP contribution < -0.4 is 16.0 Å². The number of nitrogens with one attached hydrogen (secondary N) is 3. The Kier molecular flexibility index (Phi) is 7.79. The molecule has 0 atom stereocenters. The summed E-state index contributed by atoms with van der Waals surface area (Å²) in [6.07, 6.45) is 3.77. The molecule has 2 aromatic carbocycles. The van der Waals surface area contributed by atoms with E-state index < -0.39 is 11.0 Å². The molecule has 2 aliphatic rings. The van der Waals surface area contributed by atoms with Crippen molar-refractivity contribution in [3.63, 3.8) is 0 Å². The zero-order valence-corrected chi connectivity index (χ0v) is 24.7. The van der Waals surface area contributed by atoms with Crippen molar-refractivity contribution in [3.8, 4) is 0 Å². The van der Waals surface area contributed by atoms with Gasteiger partial charge in [-0.25, -0.2) is 4.98 Å². The SMILES string of the molecule is Cc1cc(C2CCN(CC(C)(C)O)CC2)ccc1Nc1ncc(Cl)c(NCc2cccc3c2C(C)(C)C(=O)N3)n1. The topological polar surface area (TPSA) is 102 Å². The Bertz CT molecular complexity index is 1410. The van der Waals surface area contributed by atoms with Crippen LogP contribution in [0, 0.1) is 6.92 Å². The number of β-amino-alcohol motifs (C(OH)–C–C–N with tert-alkyl or cyclic N) is 1. The summed E-state index contributed by atoms with van der Waals surface area (Å²) in [5.74, 6) is 1.50. The summed E-state index contributed by atoms with van der Waals surface area (Å²) in [4.78, 5) is 23.8. The number of amides is 1. The fourth-order valence-corrected chi connectivity index (χ4v) is 6.04. The molecule has 0 radical (unpaired) electrons. The van der Waals surface area contributed by atoms with Crippen molar-refractivity contribution in [2.45, 2.75) is 70.9 Å². The number of piperidine rings is 1. The van der Waals surface area contributed by atoms with E-state index in [1.807, 2.05) is 45.9 Å². The van der Waals surface area contributed by atoms with Crippen LogP contribution in [0.15, 0.2) is 42.6 Å². The standard InChI is InChI=1S/C31H39ClN6O2/c1-19-15-21(20-11-13-38(14-12-20)18-30(2,3)40)9-10-24(19)36-29-34-17-23(32)27(37-29)33-16-22-7-6-8-25-26(22)31(4,5)28(39)35-25/h6-10,15,17,20,40H,11-14,16,18H2,1-5H3,(H,35,39)(H2,33,34,36,37). The lowest BCUT2D eigenvalue weighted by atomic mass is 9.83. The molecule has 5 rings (SSSR count). The largest absolute Gasteiger partial charge is 0.389 e. The molecule has 1 amide bonds. The number of aromatic nitrogens is 2. The zero-order chi connectivity index (χ0) is 28.7. The normalized spacial score (nSPS) is 17.4. The summed E-state index contributed by atoms with van der Waals surface area (Å²) < 4.78 is 0. The van der Waals surface area contributed by atoms with Crippen LogP contribution in [0.2, 0.25) is 5.02 Å². The van der Waals surface area contributed by atoms with Gasteiger partial charge in [-0.15, -0.1) is 0 Å². The van der Waals surface area contributed by atoms with E-state index in [0.29, 0.717) is 35.8 Å². The molecule has 2 aliphatic heterocycles. The number of aliphatic hydroxyl groups is 1. The minimum atomic E-state index is -0.660. The van der Waals surface area contributed by atoms with Crippen molar-refractivity contribution in [1.82, 2.24) is 14.9 Å². The van der Waals surface area contributed by atoms with Crippen LogP contribution in [-0.2, 0) is 16.8 Å². The molecule has 0 unspecified atom stereocenters. The van der Waals surface area contributed by atoms with Gasteiger partial charge >= 0.3 is 0 Å². The Morgan fingerprint density at radius 3 is 2.65 bits per heavy atom. The molecule has 1 saturated heterocycles. The van der Waals surface area contributed by atoms with E-state index in [2.05, 4.69) is 55.9 Å². The van der Waals surface area contributed by atoms with Crippen molar-refractivity contribution >= 4 is 40.6 Å². The highest BCUT2D eigenvalue weighted by atomic mass is 35.5. The molecule has 212 valence electrons. The number of fused-ring (bicyclic) bond motifs is 1. The molecule has 40 heavy (non-hydrogen) atoms. The second-order valence-electron chi connectivity index (χ2n) is 12.2. The van der Waals surface area contributed by atoms with Crippen molar-refractivity contribution < 1.29 is 9.90 Å². The predicted molar refractivity (Wildman–Crippen MR) is 162 cm³/mol. The third-order valence-corrected chi connectivity index (χ3v) is 8.23. The molecule has 0 aliphatic carbocycles. The van der Waals surface area contributed by atoms with Gasteiger partial charge in [0.05, 0.1) is 17.2 Å². The number of benzene rings is 2. The van der Waals surface area contributed by atoms with Crippen LogP contribution in [-0.4, -0.2) is 51.1 Å². The number of hydrogen-bond acceptors (Lipinski definition) is 7. The summed E-state index contributed by atoms with van der Waals surface area (Å²) in [6, 6.07) is 12.4. The summed E-state index contributed by atoms with van der Waals surface area (Å²) >= 11 is 6.45. The monoisotopic (exact) mass is 562 g/mol. The molecule has 1 aromatic heterocycles. The van der Waals surface area contributed by atoms with Gasteiger partial charge in [0.25, 0.3) is 0 Å². The third kappa shape index (κ3) is 6.09. The van der Waals surface area contributed by atoms with Crippen LogP contribution in [0.1, 0.15) is 68.7 Å². The summed E-state index contributed by atoms with van der Waals surface area (Å²) in [6.45, 7) is 12.9. The molecule has 3 heterocycles. The maximum absolute atomic E-state index is 12.5. The van der Waals surface area contributed by atoms with Gasteiger partial charge in [0.2, 0.25) is 11.9 Å². The summed E-state index contributed by atoms with van der Waals surface area (Å²) in [5, 5.41) is 20.2. The van der Waals surface area contributed by atoms with Gasteiger partial charge in [0, 0.05) is 24.5 Å². The number of aryl methyl sites for hydroxylation is 1. The highest BCUT2D eigenvalue weighted by molar-refractivity contribution is 6.32. The number of rotatable bonds is 8. The first-order valence-electron chi connectivity index (χ1n) is 13.9. The molecule has 0 saturated carbocycles. The van der Waals surface area contributed by atoms with Gasteiger partial charge in [0.15, 0.2) is 5.82 Å². The number of carbonyl (C=O) groups is 1. The van der Waals surface area contributed by atoms with Gasteiger partial charge in [0.1, 0.15) is 5.02 Å². The molecule has 8 nitrogen and oxygen atoms in total. The molecule has 3 aromatic rings. The van der Waals surface area contributed by atoms with E-state index >= 15 is 0 Å². The van der Waals surface area contributed by atoms with Crippen molar-refractivity contribution in [2.24, 2.45) is 0 Å². The highest BCUT2D eigenvalue weighted by Gasteiger charge is 2.39. The lowest BCUT2D eigenvalue weighted by molar-refractivity contribution is -0.119. The maximum atomic E-state index is 12.5. The fraction of sp³-hybridized carbons (Fsp3) is 0.452. The number of likely N-dealkylation sites (tertiary alicyclic amines) is 1. The predicted octanol–water partition coefficient (Wildman–Crippen LogP) is 5.97. The minimum absolute atomic E-state index is 0.000841. The number of anilines is 4. The van der Waals surface area contributed by atoms with Gasteiger partial charge < -0.3 is 26.0 Å². The van der Waals surface area contributed by atoms with E-state index in [-0.39, 0.29) is 5.91 Å². The Morgan fingerprint density at radius 1 is 1.20 bits per heavy atom. The fourth-order valence-electron chi connectivity index (χ4n) is 5.89. The van der Waals surface area contributed by atoms with E-state index in [0.717, 1.165) is 54.0 Å². The van der Waals surface area contributed by atoms with Crippen molar-refractivity contribution in [2.75, 3.05) is 35.6 Å². The third-order valence-electron chi connectivity index (χ3n) is 7.95. The minimum Gasteiger partial charge on any atom is -0.389 e. The number of nitrogens with zero attached hydrogens (tertiary/aromatic N) is 3. The molecular weight excluding hydrogens is 524 g/mol. The summed E-state index contributed by atoms with van der Waals surface area (Å²) in [7, 11) is 0. The summed E-state index contributed by atoms with van der Waals surface area (Å²) in [5.41, 5.74) is 5.02. The average Bonchev–Trinajstić information content (AvgIpc) is 3.13. The van der Waals surface area contributed by atoms with Crippen LogP contribution in [0.4, 0.5) is 23.1 Å². The molecular formula is C31H39ClN6O2. The molecule has 0 bridgehead atoms. The highest BCUT2D eigenvalue weighted by Crippen LogP contribution is 2.40. The number of halogens is 1. The smallest absolute Gasteiger partial charge is 0.234 e. The first-order chi connectivity index (χ1) is 18.9. The second kappa shape index (κ2) is 11.0. The first kappa shape index (κ1) is 28.3. The van der Waals surface area contributed by atoms with Crippen LogP contribution >= 0.6 is 11.6 Å². The number of carbonyl (C=O) groups excluding carboxylic acids is 1. The van der Waals surface area contributed by atoms with Gasteiger partial charge in [-0.05, 0) is 101 Å². The van der Waals surface area contributed by atoms with Crippen LogP contribution in [0.3, 0.4) is 0 Å². The second-order valence-corrected chi connectivity index (χ2v) is 12.6. The molecule has 0 spiro atoms. The first-order valence-corrected chi connectivity index (χ1v) is 14.3. The van der Waals surface area contributed by atoms with Crippen molar-refractivity contribution in [1.29, 1.82) is 0 Å². The van der Waals surface area contributed by atoms with E-state index in [9.17, 15) is 9.90 Å².